The molecule has 9 nitrogen and oxygen atoms in total. The minimum atomic E-state index is -0.591. The molecule has 0 unspecified atom stereocenters. The number of carbonyl (C=O) groups is 3. The molecule has 168 valence electrons. The van der Waals surface area contributed by atoms with Gasteiger partial charge in [0.25, 0.3) is 5.91 Å². The van der Waals surface area contributed by atoms with Gasteiger partial charge in [-0.3, -0.25) is 30.4 Å². The summed E-state index contributed by atoms with van der Waals surface area (Å²) in [5.41, 5.74) is 8.47. The number of rotatable bonds is 9. The van der Waals surface area contributed by atoms with E-state index >= 15 is 0 Å². The molecule has 0 aliphatic carbocycles. The summed E-state index contributed by atoms with van der Waals surface area (Å²) in [7, 11) is 0. The van der Waals surface area contributed by atoms with E-state index < -0.39 is 17.9 Å². The van der Waals surface area contributed by atoms with E-state index in [0.29, 0.717) is 19.4 Å². The molecule has 10 heteroatoms. The zero-order chi connectivity index (χ0) is 22.2. The number of hydrogen-bond donors (Lipinski definition) is 4. The van der Waals surface area contributed by atoms with Crippen LogP contribution in [0, 0.1) is 5.92 Å². The van der Waals surface area contributed by atoms with Crippen molar-refractivity contribution in [1.29, 1.82) is 0 Å². The number of carbonyl (C=O) groups excluding carboxylic acids is 3. The van der Waals surface area contributed by atoms with Crippen LogP contribution in [0.1, 0.15) is 51.0 Å². The lowest BCUT2D eigenvalue weighted by Crippen LogP contribution is -2.52. The fourth-order valence-corrected chi connectivity index (χ4v) is 4.59. The van der Waals surface area contributed by atoms with Crippen molar-refractivity contribution in [3.05, 3.63) is 42.1 Å². The molecule has 3 rings (SSSR count). The molecule has 0 spiro atoms. The first-order valence-corrected chi connectivity index (χ1v) is 11.3. The Bertz CT molecular complexity index is 819. The van der Waals surface area contributed by atoms with E-state index in [0.717, 1.165) is 29.7 Å². The van der Waals surface area contributed by atoms with E-state index in [4.69, 9.17) is 5.21 Å². The molecule has 3 amide bonds. The fraction of sp³-hybridized carbons (Fsp3) is 0.476. The Morgan fingerprint density at radius 1 is 1.29 bits per heavy atom. The summed E-state index contributed by atoms with van der Waals surface area (Å²) in [5.74, 6) is -1.62. The third kappa shape index (κ3) is 5.99. The summed E-state index contributed by atoms with van der Waals surface area (Å²) in [4.78, 5) is 40.3. The number of unbranched alkanes of at least 4 members (excludes halogenated alkanes) is 1. The minimum Gasteiger partial charge on any atom is -0.330 e. The zero-order valence-electron chi connectivity index (χ0n) is 17.5. The second-order valence-electron chi connectivity index (χ2n) is 7.63. The van der Waals surface area contributed by atoms with Crippen molar-refractivity contribution in [3.63, 3.8) is 0 Å². The van der Waals surface area contributed by atoms with Gasteiger partial charge in [0.1, 0.15) is 6.04 Å². The Labute approximate surface area is 186 Å². The van der Waals surface area contributed by atoms with Crippen LogP contribution in [0.15, 0.2) is 36.5 Å². The normalized spacial score (nSPS) is 19.5. The van der Waals surface area contributed by atoms with E-state index in [1.165, 1.54) is 16.5 Å². The number of hydroxylamine groups is 1. The molecule has 1 aromatic rings. The maximum absolute atomic E-state index is 13.1. The quantitative estimate of drug-likeness (QED) is 0.261. The maximum Gasteiger partial charge on any atom is 0.259 e. The number of benzene rings is 1. The molecule has 0 saturated carbocycles. The Morgan fingerprint density at radius 3 is 2.77 bits per heavy atom. The summed E-state index contributed by atoms with van der Waals surface area (Å²) < 4.78 is 1.53. The molecular formula is C21H29N5O4S. The molecule has 2 aliphatic rings. The topological polar surface area (TPSA) is 114 Å². The molecule has 1 fully saturated rings. The minimum absolute atomic E-state index is 0.0892. The van der Waals surface area contributed by atoms with Crippen molar-refractivity contribution in [2.75, 3.05) is 6.54 Å². The Hall–Kier alpha value is -2.56. The molecule has 4 N–H and O–H groups in total. The highest BCUT2D eigenvalue weighted by molar-refractivity contribution is 8.06. The van der Waals surface area contributed by atoms with Crippen molar-refractivity contribution in [2.45, 2.75) is 51.5 Å². The van der Waals surface area contributed by atoms with Crippen LogP contribution in [0.4, 0.5) is 0 Å². The Morgan fingerprint density at radius 2 is 2.06 bits per heavy atom. The summed E-state index contributed by atoms with van der Waals surface area (Å²) in [6, 6.07) is 9.24. The van der Waals surface area contributed by atoms with Crippen LogP contribution in [0.5, 0.6) is 0 Å². The third-order valence-corrected chi connectivity index (χ3v) is 6.35. The second kappa shape index (κ2) is 11.2. The lowest BCUT2D eigenvalue weighted by Gasteiger charge is -2.29. The first-order chi connectivity index (χ1) is 15.0. The van der Waals surface area contributed by atoms with E-state index in [-0.39, 0.29) is 18.2 Å². The summed E-state index contributed by atoms with van der Waals surface area (Å²) >= 11 is 1.36. The molecule has 0 radical (unpaired) electrons. The summed E-state index contributed by atoms with van der Waals surface area (Å²) in [6.45, 7) is 2.49. The van der Waals surface area contributed by atoms with Crippen LogP contribution >= 0.6 is 11.9 Å². The zero-order valence-corrected chi connectivity index (χ0v) is 18.4. The van der Waals surface area contributed by atoms with Gasteiger partial charge < -0.3 is 4.90 Å². The van der Waals surface area contributed by atoms with Crippen LogP contribution in [0.3, 0.4) is 0 Å². The van der Waals surface area contributed by atoms with Gasteiger partial charge in [0.15, 0.2) is 0 Å². The van der Waals surface area contributed by atoms with E-state index in [2.05, 4.69) is 10.9 Å². The van der Waals surface area contributed by atoms with Gasteiger partial charge in [0.05, 0.1) is 4.91 Å². The maximum atomic E-state index is 13.1. The average Bonchev–Trinajstić information content (AvgIpc) is 3.46. The highest BCUT2D eigenvalue weighted by Crippen LogP contribution is 2.32. The molecular weight excluding hydrogens is 418 g/mol. The number of hydrogen-bond acceptors (Lipinski definition) is 7. The Balaban J connectivity index is 1.59. The molecule has 2 aliphatic heterocycles. The van der Waals surface area contributed by atoms with E-state index in [1.54, 1.807) is 10.4 Å². The van der Waals surface area contributed by atoms with Crippen molar-refractivity contribution in [3.8, 4) is 0 Å². The van der Waals surface area contributed by atoms with Crippen LogP contribution in [-0.2, 0) is 14.4 Å². The van der Waals surface area contributed by atoms with Crippen molar-refractivity contribution in [2.24, 2.45) is 5.92 Å². The van der Waals surface area contributed by atoms with Crippen LogP contribution < -0.4 is 16.3 Å². The van der Waals surface area contributed by atoms with Gasteiger partial charge in [-0.2, -0.15) is 0 Å². The average molecular weight is 448 g/mol. The first kappa shape index (κ1) is 23.1. The molecule has 2 heterocycles. The first-order valence-electron chi connectivity index (χ1n) is 10.6. The van der Waals surface area contributed by atoms with Crippen LogP contribution in [-0.4, -0.2) is 44.9 Å². The SMILES string of the molecule is CCCC[C@H](CC(=O)NO)C(=O)N1CCC[C@H]1C(=O)NN1NC=C(c2ccccc2)S1. The predicted octanol–water partition coefficient (Wildman–Crippen LogP) is 2.18. The Kier molecular flexibility index (Phi) is 8.33. The van der Waals surface area contributed by atoms with Crippen molar-refractivity contribution < 1.29 is 19.6 Å². The molecule has 1 aromatic carbocycles. The number of amides is 3. The lowest BCUT2D eigenvalue weighted by molar-refractivity contribution is -0.145. The molecule has 2 atom stereocenters. The fourth-order valence-electron chi connectivity index (χ4n) is 3.81. The number of likely N-dealkylation sites (tertiary alicyclic amines) is 1. The number of hydrazine groups is 2. The van der Waals surface area contributed by atoms with Gasteiger partial charge in [0, 0.05) is 37.0 Å². The lowest BCUT2D eigenvalue weighted by atomic mass is 9.96. The summed E-state index contributed by atoms with van der Waals surface area (Å²) in [6.07, 6.45) is 5.25. The highest BCUT2D eigenvalue weighted by Gasteiger charge is 2.38. The van der Waals surface area contributed by atoms with Crippen molar-refractivity contribution >= 4 is 34.6 Å². The number of nitrogens with one attached hydrogen (secondary N) is 3. The van der Waals surface area contributed by atoms with Crippen LogP contribution in [0.25, 0.3) is 4.91 Å². The van der Waals surface area contributed by atoms with E-state index in [1.807, 2.05) is 43.5 Å². The van der Waals surface area contributed by atoms with E-state index in [9.17, 15) is 14.4 Å². The third-order valence-electron chi connectivity index (χ3n) is 5.42. The molecule has 0 bridgehead atoms. The predicted molar refractivity (Wildman–Crippen MR) is 117 cm³/mol. The highest BCUT2D eigenvalue weighted by atomic mass is 32.2. The van der Waals surface area contributed by atoms with Gasteiger partial charge in [0.2, 0.25) is 11.8 Å². The van der Waals surface area contributed by atoms with Gasteiger partial charge in [-0.1, -0.05) is 54.6 Å². The molecule has 1 saturated heterocycles. The second-order valence-corrected chi connectivity index (χ2v) is 8.62. The van der Waals surface area contributed by atoms with Gasteiger partial charge in [-0.05, 0) is 24.8 Å². The van der Waals surface area contributed by atoms with Gasteiger partial charge in [-0.15, -0.1) is 0 Å². The van der Waals surface area contributed by atoms with Gasteiger partial charge in [-0.25, -0.2) is 5.48 Å². The number of nitrogens with zero attached hydrogens (tertiary/aromatic N) is 2. The molecule has 0 aromatic heterocycles. The van der Waals surface area contributed by atoms with Gasteiger partial charge >= 0.3 is 0 Å². The van der Waals surface area contributed by atoms with Crippen molar-refractivity contribution in [1.82, 2.24) is 25.8 Å². The monoisotopic (exact) mass is 447 g/mol. The smallest absolute Gasteiger partial charge is 0.259 e. The van der Waals surface area contributed by atoms with Crippen LogP contribution in [0.2, 0.25) is 0 Å². The molecule has 31 heavy (non-hydrogen) atoms. The largest absolute Gasteiger partial charge is 0.330 e. The standard InChI is InChI=1S/C21H29N5O4S/c1-2-3-8-16(13-19(27)24-30)21(29)25-12-7-11-17(25)20(28)23-26-22-14-18(31-26)15-9-5-4-6-10-15/h4-6,9-10,14,16-17,22,30H,2-3,7-8,11-13H2,1H3,(H,23,28)(H,24,27)/t16-,17+/m1/s1. The summed E-state index contributed by atoms with van der Waals surface area (Å²) in [5, 5.41) is 8.85.